The van der Waals surface area contributed by atoms with Crippen molar-refractivity contribution in [2.75, 3.05) is 5.75 Å². The SMILES string of the molecule is CC(NC(=O)CSc1nnc(CN)o1)c1ccc(F)cc1. The number of halogens is 1. The van der Waals surface area contributed by atoms with Gasteiger partial charge in [0, 0.05) is 0 Å². The second-order valence-corrected chi connectivity index (χ2v) is 5.22. The molecule has 0 aliphatic carbocycles. The minimum absolute atomic E-state index is 0.151. The number of aromatic nitrogens is 2. The highest BCUT2D eigenvalue weighted by Crippen LogP contribution is 2.17. The molecular weight excluding hydrogens is 295 g/mol. The van der Waals surface area contributed by atoms with Gasteiger partial charge in [-0.1, -0.05) is 23.9 Å². The van der Waals surface area contributed by atoms with Crippen LogP contribution in [-0.2, 0) is 11.3 Å². The van der Waals surface area contributed by atoms with Crippen LogP contribution in [0.3, 0.4) is 0 Å². The lowest BCUT2D eigenvalue weighted by molar-refractivity contribution is -0.119. The summed E-state index contributed by atoms with van der Waals surface area (Å²) in [6, 6.07) is 5.79. The van der Waals surface area contributed by atoms with Crippen molar-refractivity contribution in [3.63, 3.8) is 0 Å². The molecule has 3 N–H and O–H groups in total. The summed E-state index contributed by atoms with van der Waals surface area (Å²) in [4.78, 5) is 11.8. The molecule has 0 saturated heterocycles. The Morgan fingerprint density at radius 1 is 1.43 bits per heavy atom. The van der Waals surface area contributed by atoms with Crippen molar-refractivity contribution in [2.24, 2.45) is 5.73 Å². The number of thioether (sulfide) groups is 1. The van der Waals surface area contributed by atoms with Crippen LogP contribution in [0.4, 0.5) is 4.39 Å². The molecule has 1 unspecified atom stereocenters. The highest BCUT2D eigenvalue weighted by molar-refractivity contribution is 7.99. The molecule has 1 heterocycles. The van der Waals surface area contributed by atoms with Crippen molar-refractivity contribution in [2.45, 2.75) is 24.7 Å². The molecule has 1 amide bonds. The molecular formula is C13H15FN4O2S. The van der Waals surface area contributed by atoms with Crippen LogP contribution in [0, 0.1) is 5.82 Å². The van der Waals surface area contributed by atoms with Gasteiger partial charge in [0.2, 0.25) is 11.8 Å². The molecule has 2 rings (SSSR count). The Morgan fingerprint density at radius 2 is 2.14 bits per heavy atom. The van der Waals surface area contributed by atoms with Crippen molar-refractivity contribution < 1.29 is 13.6 Å². The Balaban J connectivity index is 1.82. The van der Waals surface area contributed by atoms with Gasteiger partial charge in [-0.3, -0.25) is 4.79 Å². The van der Waals surface area contributed by atoms with Crippen molar-refractivity contribution >= 4 is 17.7 Å². The quantitative estimate of drug-likeness (QED) is 0.788. The third-order valence-electron chi connectivity index (χ3n) is 2.70. The number of nitrogens with one attached hydrogen (secondary N) is 1. The largest absolute Gasteiger partial charge is 0.415 e. The zero-order valence-electron chi connectivity index (χ0n) is 11.4. The van der Waals surface area contributed by atoms with Crippen LogP contribution in [0.25, 0.3) is 0 Å². The summed E-state index contributed by atoms with van der Waals surface area (Å²) in [5.41, 5.74) is 6.18. The minimum atomic E-state index is -0.306. The van der Waals surface area contributed by atoms with E-state index < -0.39 is 0 Å². The fourth-order valence-electron chi connectivity index (χ4n) is 1.62. The van der Waals surface area contributed by atoms with Gasteiger partial charge in [0.05, 0.1) is 18.3 Å². The molecule has 8 heteroatoms. The van der Waals surface area contributed by atoms with E-state index in [-0.39, 0.29) is 30.1 Å². The van der Waals surface area contributed by atoms with Crippen molar-refractivity contribution in [3.8, 4) is 0 Å². The van der Waals surface area contributed by atoms with E-state index in [2.05, 4.69) is 15.5 Å². The van der Waals surface area contributed by atoms with E-state index in [0.717, 1.165) is 17.3 Å². The summed E-state index contributed by atoms with van der Waals surface area (Å²) in [5.74, 6) is -0.000534. The zero-order chi connectivity index (χ0) is 15.2. The highest BCUT2D eigenvalue weighted by atomic mass is 32.2. The molecule has 1 atom stereocenters. The van der Waals surface area contributed by atoms with E-state index in [1.54, 1.807) is 12.1 Å². The molecule has 0 bridgehead atoms. The number of hydrogen-bond acceptors (Lipinski definition) is 6. The average Bonchev–Trinajstić information content (AvgIpc) is 2.94. The van der Waals surface area contributed by atoms with E-state index in [0.29, 0.717) is 11.1 Å². The maximum absolute atomic E-state index is 12.8. The second kappa shape index (κ2) is 7.19. The third kappa shape index (κ3) is 4.54. The van der Waals surface area contributed by atoms with Gasteiger partial charge in [-0.25, -0.2) is 4.39 Å². The van der Waals surface area contributed by atoms with E-state index in [1.807, 2.05) is 6.92 Å². The number of benzene rings is 1. The smallest absolute Gasteiger partial charge is 0.277 e. The molecule has 0 spiro atoms. The molecule has 1 aromatic carbocycles. The summed E-state index contributed by atoms with van der Waals surface area (Å²) in [7, 11) is 0. The van der Waals surface area contributed by atoms with Crippen molar-refractivity contribution in [3.05, 3.63) is 41.5 Å². The lowest BCUT2D eigenvalue weighted by Gasteiger charge is -2.13. The Labute approximate surface area is 125 Å². The number of nitrogens with zero attached hydrogens (tertiary/aromatic N) is 2. The van der Waals surface area contributed by atoms with Crippen molar-refractivity contribution in [1.29, 1.82) is 0 Å². The third-order valence-corrected chi connectivity index (χ3v) is 3.52. The summed E-state index contributed by atoms with van der Waals surface area (Å²) in [5, 5.41) is 10.6. The average molecular weight is 310 g/mol. The van der Waals surface area contributed by atoms with Crippen LogP contribution < -0.4 is 11.1 Å². The molecule has 0 aliphatic rings. The Kier molecular flexibility index (Phi) is 5.29. The summed E-state index contributed by atoms with van der Waals surface area (Å²) in [6.07, 6.45) is 0. The van der Waals surface area contributed by atoms with Gasteiger partial charge in [-0.05, 0) is 24.6 Å². The normalized spacial score (nSPS) is 12.1. The summed E-state index contributed by atoms with van der Waals surface area (Å²) in [6.45, 7) is 2.00. The van der Waals surface area contributed by atoms with Crippen LogP contribution in [0.1, 0.15) is 24.4 Å². The minimum Gasteiger partial charge on any atom is -0.415 e. The first-order chi connectivity index (χ1) is 10.1. The molecule has 1 aromatic heterocycles. The highest BCUT2D eigenvalue weighted by Gasteiger charge is 2.12. The van der Waals surface area contributed by atoms with E-state index in [9.17, 15) is 9.18 Å². The molecule has 21 heavy (non-hydrogen) atoms. The first-order valence-electron chi connectivity index (χ1n) is 6.28. The Hall–Kier alpha value is -1.93. The monoisotopic (exact) mass is 310 g/mol. The molecule has 0 aliphatic heterocycles. The predicted molar refractivity (Wildman–Crippen MR) is 75.9 cm³/mol. The maximum Gasteiger partial charge on any atom is 0.277 e. The number of hydrogen-bond donors (Lipinski definition) is 2. The van der Waals surface area contributed by atoms with Crippen LogP contribution in [0.5, 0.6) is 0 Å². The van der Waals surface area contributed by atoms with E-state index in [4.69, 9.17) is 10.2 Å². The predicted octanol–water partition coefficient (Wildman–Crippen LogP) is 1.64. The fraction of sp³-hybridized carbons (Fsp3) is 0.308. The molecule has 0 fully saturated rings. The first kappa shape index (κ1) is 15.5. The molecule has 6 nitrogen and oxygen atoms in total. The van der Waals surface area contributed by atoms with Gasteiger partial charge in [-0.2, -0.15) is 0 Å². The number of carbonyl (C=O) groups excluding carboxylic acids is 1. The van der Waals surface area contributed by atoms with Crippen molar-refractivity contribution in [1.82, 2.24) is 15.5 Å². The van der Waals surface area contributed by atoms with Crippen LogP contribution in [0.15, 0.2) is 33.9 Å². The first-order valence-corrected chi connectivity index (χ1v) is 7.27. The van der Waals surface area contributed by atoms with E-state index in [1.165, 1.54) is 12.1 Å². The number of nitrogens with two attached hydrogens (primary N) is 1. The zero-order valence-corrected chi connectivity index (χ0v) is 12.2. The van der Waals surface area contributed by atoms with Gasteiger partial charge in [0.25, 0.3) is 5.22 Å². The summed E-state index contributed by atoms with van der Waals surface area (Å²) < 4.78 is 18.0. The fourth-order valence-corrected chi connectivity index (χ4v) is 2.22. The van der Waals surface area contributed by atoms with Crippen LogP contribution in [0.2, 0.25) is 0 Å². The Morgan fingerprint density at radius 3 is 2.76 bits per heavy atom. The van der Waals surface area contributed by atoms with Gasteiger partial charge in [-0.15, -0.1) is 10.2 Å². The second-order valence-electron chi connectivity index (χ2n) is 4.30. The maximum atomic E-state index is 12.8. The van der Waals surface area contributed by atoms with Crippen LogP contribution >= 0.6 is 11.8 Å². The van der Waals surface area contributed by atoms with Gasteiger partial charge < -0.3 is 15.5 Å². The van der Waals surface area contributed by atoms with Gasteiger partial charge >= 0.3 is 0 Å². The van der Waals surface area contributed by atoms with Crippen LogP contribution in [-0.4, -0.2) is 21.9 Å². The lowest BCUT2D eigenvalue weighted by Crippen LogP contribution is -2.28. The van der Waals surface area contributed by atoms with Gasteiger partial charge in [0.15, 0.2) is 0 Å². The molecule has 0 radical (unpaired) electrons. The van der Waals surface area contributed by atoms with E-state index >= 15 is 0 Å². The topological polar surface area (TPSA) is 94.0 Å². The molecule has 0 saturated carbocycles. The van der Waals surface area contributed by atoms with Gasteiger partial charge in [0.1, 0.15) is 5.82 Å². The molecule has 112 valence electrons. The molecule has 2 aromatic rings. The number of amides is 1. The standard InChI is InChI=1S/C13H15FN4O2S/c1-8(9-2-4-10(14)5-3-9)16-11(19)7-21-13-18-17-12(6-15)20-13/h2-5,8H,6-7,15H2,1H3,(H,16,19). The lowest BCUT2D eigenvalue weighted by atomic mass is 10.1. The number of carbonyl (C=O) groups is 1. The number of rotatable bonds is 6. The summed E-state index contributed by atoms with van der Waals surface area (Å²) >= 11 is 1.14. The Bertz CT molecular complexity index is 602.